The van der Waals surface area contributed by atoms with Crippen LogP contribution in [0.5, 0.6) is 5.75 Å². The predicted molar refractivity (Wildman–Crippen MR) is 90.1 cm³/mol. The second kappa shape index (κ2) is 7.06. The van der Waals surface area contributed by atoms with E-state index >= 15 is 0 Å². The van der Waals surface area contributed by atoms with Gasteiger partial charge in [-0.05, 0) is 19.1 Å². The summed E-state index contributed by atoms with van der Waals surface area (Å²) in [5.41, 5.74) is 4.05. The molecule has 7 heteroatoms. The molecule has 3 aromatic rings. The number of benzene rings is 1. The quantitative estimate of drug-likeness (QED) is 0.558. The first-order valence-electron chi connectivity index (χ1n) is 7.21. The highest BCUT2D eigenvalue weighted by Gasteiger charge is 2.07. The Morgan fingerprint density at radius 1 is 1.48 bits per heavy atom. The van der Waals surface area contributed by atoms with Crippen LogP contribution in [-0.2, 0) is 11.2 Å². The number of para-hydroxylation sites is 1. The van der Waals surface area contributed by atoms with E-state index in [4.69, 9.17) is 4.74 Å². The molecule has 6 nitrogen and oxygen atoms in total. The standard InChI is InChI=1S/C16H16N4O2S/c1-2-22-14-6-4-3-5-12(14)10-17-19-15(21)9-13-11-20-7-8-23-16(20)18-13/h3-8,10-11H,2,9H2,1H3,(H,19,21)/b17-10+. The number of amides is 1. The minimum Gasteiger partial charge on any atom is -0.493 e. The Balaban J connectivity index is 1.59. The van der Waals surface area contributed by atoms with Gasteiger partial charge in [0.1, 0.15) is 5.75 Å². The summed E-state index contributed by atoms with van der Waals surface area (Å²) in [7, 11) is 0. The van der Waals surface area contributed by atoms with Gasteiger partial charge in [0.2, 0.25) is 5.91 Å². The van der Waals surface area contributed by atoms with E-state index in [1.165, 1.54) is 11.3 Å². The zero-order valence-electron chi connectivity index (χ0n) is 12.6. The van der Waals surface area contributed by atoms with Gasteiger partial charge in [-0.25, -0.2) is 10.4 Å². The number of imidazole rings is 1. The lowest BCUT2D eigenvalue weighted by atomic mass is 10.2. The highest BCUT2D eigenvalue weighted by Crippen LogP contribution is 2.15. The molecule has 0 saturated heterocycles. The number of aromatic nitrogens is 2. The van der Waals surface area contributed by atoms with Gasteiger partial charge in [0.15, 0.2) is 4.96 Å². The molecule has 0 aliphatic rings. The summed E-state index contributed by atoms with van der Waals surface area (Å²) in [4.78, 5) is 17.2. The van der Waals surface area contributed by atoms with E-state index < -0.39 is 0 Å². The molecular weight excluding hydrogens is 312 g/mol. The van der Waals surface area contributed by atoms with E-state index in [1.807, 2.05) is 53.4 Å². The van der Waals surface area contributed by atoms with Crippen molar-refractivity contribution in [2.75, 3.05) is 6.61 Å². The van der Waals surface area contributed by atoms with Crippen LogP contribution < -0.4 is 10.2 Å². The van der Waals surface area contributed by atoms with Crippen LogP contribution in [0.25, 0.3) is 4.96 Å². The molecule has 0 spiro atoms. The summed E-state index contributed by atoms with van der Waals surface area (Å²) in [6.45, 7) is 2.50. The average Bonchev–Trinajstić information content (AvgIpc) is 3.10. The zero-order chi connectivity index (χ0) is 16.1. The first-order valence-corrected chi connectivity index (χ1v) is 8.09. The van der Waals surface area contributed by atoms with Crippen molar-refractivity contribution in [3.8, 4) is 5.75 Å². The molecule has 0 aliphatic heterocycles. The first-order chi connectivity index (χ1) is 11.3. The van der Waals surface area contributed by atoms with Crippen molar-refractivity contribution in [2.24, 2.45) is 5.10 Å². The summed E-state index contributed by atoms with van der Waals surface area (Å²) < 4.78 is 7.40. The molecule has 1 N–H and O–H groups in total. The van der Waals surface area contributed by atoms with E-state index in [9.17, 15) is 4.79 Å². The largest absolute Gasteiger partial charge is 0.493 e. The molecule has 0 unspecified atom stereocenters. The topological polar surface area (TPSA) is 68.0 Å². The zero-order valence-corrected chi connectivity index (χ0v) is 13.4. The van der Waals surface area contributed by atoms with Gasteiger partial charge < -0.3 is 4.74 Å². The van der Waals surface area contributed by atoms with Crippen molar-refractivity contribution in [2.45, 2.75) is 13.3 Å². The molecule has 3 rings (SSSR count). The normalized spacial score (nSPS) is 11.2. The van der Waals surface area contributed by atoms with E-state index in [-0.39, 0.29) is 12.3 Å². The number of nitrogens with zero attached hydrogens (tertiary/aromatic N) is 3. The molecular formula is C16H16N4O2S. The fourth-order valence-electron chi connectivity index (χ4n) is 2.11. The van der Waals surface area contributed by atoms with E-state index in [1.54, 1.807) is 6.21 Å². The predicted octanol–water partition coefficient (Wildman–Crippen LogP) is 2.49. The number of rotatable bonds is 6. The fraction of sp³-hybridized carbons (Fsp3) is 0.188. The number of hydrazone groups is 1. The van der Waals surface area contributed by atoms with Gasteiger partial charge in [0.25, 0.3) is 0 Å². The Morgan fingerprint density at radius 3 is 3.17 bits per heavy atom. The summed E-state index contributed by atoms with van der Waals surface area (Å²) >= 11 is 1.53. The second-order valence-corrected chi connectivity index (χ2v) is 5.64. The van der Waals surface area contributed by atoms with Crippen LogP contribution in [0.4, 0.5) is 0 Å². The maximum absolute atomic E-state index is 11.9. The number of thiazole rings is 1. The Morgan fingerprint density at radius 2 is 2.35 bits per heavy atom. The van der Waals surface area contributed by atoms with Crippen molar-refractivity contribution in [1.29, 1.82) is 0 Å². The van der Waals surface area contributed by atoms with Gasteiger partial charge in [0, 0.05) is 23.3 Å². The molecule has 1 amide bonds. The van der Waals surface area contributed by atoms with Gasteiger partial charge in [-0.1, -0.05) is 12.1 Å². The van der Waals surface area contributed by atoms with Crippen LogP contribution in [0, 0.1) is 0 Å². The van der Waals surface area contributed by atoms with Crippen molar-refractivity contribution in [3.63, 3.8) is 0 Å². The first kappa shape index (κ1) is 15.2. The van der Waals surface area contributed by atoms with Crippen LogP contribution in [0.2, 0.25) is 0 Å². The third-order valence-electron chi connectivity index (χ3n) is 3.10. The van der Waals surface area contributed by atoms with Gasteiger partial charge in [-0.3, -0.25) is 9.20 Å². The number of hydrogen-bond acceptors (Lipinski definition) is 5. The summed E-state index contributed by atoms with van der Waals surface area (Å²) in [6, 6.07) is 7.53. The maximum Gasteiger partial charge on any atom is 0.246 e. The lowest BCUT2D eigenvalue weighted by Gasteiger charge is -2.05. The number of nitrogens with one attached hydrogen (secondary N) is 1. The van der Waals surface area contributed by atoms with E-state index in [2.05, 4.69) is 15.5 Å². The van der Waals surface area contributed by atoms with Crippen LogP contribution in [0.3, 0.4) is 0 Å². The van der Waals surface area contributed by atoms with E-state index in [0.29, 0.717) is 6.61 Å². The molecule has 0 atom stereocenters. The number of ether oxygens (including phenoxy) is 1. The van der Waals surface area contributed by atoms with Crippen molar-refractivity contribution in [3.05, 3.63) is 53.3 Å². The lowest BCUT2D eigenvalue weighted by molar-refractivity contribution is -0.120. The van der Waals surface area contributed by atoms with Crippen LogP contribution in [-0.4, -0.2) is 28.1 Å². The molecule has 0 bridgehead atoms. The molecule has 2 aromatic heterocycles. The van der Waals surface area contributed by atoms with Gasteiger partial charge in [0.05, 0.1) is 24.9 Å². The SMILES string of the molecule is CCOc1ccccc1/C=N/NC(=O)Cc1cn2ccsc2n1. The molecule has 0 radical (unpaired) electrons. The fourth-order valence-corrected chi connectivity index (χ4v) is 2.83. The smallest absolute Gasteiger partial charge is 0.246 e. The highest BCUT2D eigenvalue weighted by molar-refractivity contribution is 7.15. The third-order valence-corrected chi connectivity index (χ3v) is 3.87. The Hall–Kier alpha value is -2.67. The highest BCUT2D eigenvalue weighted by atomic mass is 32.1. The lowest BCUT2D eigenvalue weighted by Crippen LogP contribution is -2.20. The summed E-state index contributed by atoms with van der Waals surface area (Å²) in [6.07, 6.45) is 5.53. The number of hydrogen-bond donors (Lipinski definition) is 1. The molecule has 0 aliphatic carbocycles. The van der Waals surface area contributed by atoms with Crippen LogP contribution >= 0.6 is 11.3 Å². The van der Waals surface area contributed by atoms with Crippen LogP contribution in [0.15, 0.2) is 47.1 Å². The van der Waals surface area contributed by atoms with E-state index in [0.717, 1.165) is 22.0 Å². The average molecular weight is 328 g/mol. The van der Waals surface area contributed by atoms with Crippen molar-refractivity contribution >= 4 is 28.4 Å². The molecule has 118 valence electrons. The summed E-state index contributed by atoms with van der Waals surface area (Å²) in [5, 5.41) is 5.94. The second-order valence-electron chi connectivity index (χ2n) is 4.77. The molecule has 0 fully saturated rings. The van der Waals surface area contributed by atoms with Crippen LogP contribution in [0.1, 0.15) is 18.2 Å². The maximum atomic E-state index is 11.9. The third kappa shape index (κ3) is 3.75. The number of carbonyl (C=O) groups excluding carboxylic acids is 1. The Bertz CT molecular complexity index is 809. The monoisotopic (exact) mass is 328 g/mol. The van der Waals surface area contributed by atoms with Crippen molar-refractivity contribution in [1.82, 2.24) is 14.8 Å². The Labute approximate surface area is 137 Å². The minimum atomic E-state index is -0.208. The van der Waals surface area contributed by atoms with Gasteiger partial charge >= 0.3 is 0 Å². The summed E-state index contributed by atoms with van der Waals surface area (Å²) in [5.74, 6) is 0.531. The van der Waals surface area contributed by atoms with Gasteiger partial charge in [-0.15, -0.1) is 11.3 Å². The molecule has 2 heterocycles. The molecule has 0 saturated carbocycles. The number of carbonyl (C=O) groups is 1. The van der Waals surface area contributed by atoms with Gasteiger partial charge in [-0.2, -0.15) is 5.10 Å². The Kier molecular flexibility index (Phi) is 4.68. The molecule has 1 aromatic carbocycles. The molecule has 23 heavy (non-hydrogen) atoms. The number of fused-ring (bicyclic) bond motifs is 1. The van der Waals surface area contributed by atoms with Crippen molar-refractivity contribution < 1.29 is 9.53 Å². The minimum absolute atomic E-state index is 0.193.